The Morgan fingerprint density at radius 2 is 0.408 bits per heavy atom. The van der Waals surface area contributed by atoms with Crippen molar-refractivity contribution in [2.75, 3.05) is 0 Å². The van der Waals surface area contributed by atoms with Crippen LogP contribution in [0.3, 0.4) is 0 Å². The Morgan fingerprint density at radius 1 is 0.169 bits per heavy atom. The highest BCUT2D eigenvalue weighted by atomic mass is 15.3. The van der Waals surface area contributed by atoms with Gasteiger partial charge in [0.2, 0.25) is 0 Å². The maximum atomic E-state index is 4.24. The van der Waals surface area contributed by atoms with Crippen LogP contribution in [0.1, 0.15) is 558 Å². The highest BCUT2D eigenvalue weighted by Crippen LogP contribution is 2.75. The van der Waals surface area contributed by atoms with Gasteiger partial charge in [-0.1, -0.05) is 366 Å². The summed E-state index contributed by atoms with van der Waals surface area (Å²) >= 11 is 0. The van der Waals surface area contributed by atoms with E-state index in [1.54, 1.807) is 449 Å². The van der Waals surface area contributed by atoms with Crippen LogP contribution in [-0.2, 0) is 0 Å². The van der Waals surface area contributed by atoms with Crippen molar-refractivity contribution in [1.29, 1.82) is 0 Å². The standard InChI is InChI=1S/C138H232BN3/c1-135(2,3)107-69-99-53-55-101-71-109(137(7,8)9)83-120-114(79-105(73-107)128(99)130(101)120)97-61-67-122-124(81-97)141(133-116(93-45-29-17-30-46-93)75-103(89-41-25-15-26-42-89)76-117(133)94-47-31-18-32-48-94)126-85-113(140(111-63-57-91(58-64-111)87-37-21-13-22-38-87)112-65-59-92(60-66-112)88-39-23-14-24-40-88)86-127-132(126)139(122)123-68-62-98(115-80-106-74-108(136(4,5)6)70-100-54-56-102-72-110(138(10,11)12)84-121(115)131(102)129(100)106)82-125(123)142(127)134-118(95-49-33-19-34-50-95)77-104(90-43-27-16-28-44-90)78-119(134)96-51-35-20-36-52-96/h87-134H,13-86H2,1-12H3. The summed E-state index contributed by atoms with van der Waals surface area (Å²) in [7, 11) is 0. The van der Waals surface area contributed by atoms with E-state index in [1.165, 1.54) is 25.7 Å². The van der Waals surface area contributed by atoms with E-state index in [2.05, 4.69) is 97.8 Å². The molecule has 0 spiro atoms. The van der Waals surface area contributed by atoms with E-state index >= 15 is 0 Å². The van der Waals surface area contributed by atoms with E-state index in [4.69, 9.17) is 0 Å². The second-order valence-corrected chi connectivity index (χ2v) is 66.1. The maximum Gasteiger partial charge on any atom is 0.156 e. The maximum absolute atomic E-state index is 4.24. The molecule has 0 radical (unpaired) electrons. The van der Waals surface area contributed by atoms with Crippen molar-refractivity contribution in [3.05, 3.63) is 0 Å². The zero-order valence-corrected chi connectivity index (χ0v) is 96.0. The van der Waals surface area contributed by atoms with Crippen molar-refractivity contribution in [2.24, 2.45) is 235 Å². The molecule has 25 rings (SSSR count). The second-order valence-electron chi connectivity index (χ2n) is 66.1. The van der Waals surface area contributed by atoms with Crippen LogP contribution < -0.4 is 0 Å². The van der Waals surface area contributed by atoms with Crippen LogP contribution >= 0.6 is 0 Å². The Hall–Kier alpha value is -0.0551. The number of rotatable bonds is 15. The van der Waals surface area contributed by atoms with E-state index < -0.39 is 0 Å². The van der Waals surface area contributed by atoms with Gasteiger partial charge in [-0.15, -0.1) is 0 Å². The van der Waals surface area contributed by atoms with Crippen molar-refractivity contribution in [2.45, 2.75) is 630 Å². The minimum absolute atomic E-state index is 0.410. The molecule has 30 atom stereocenters. The topological polar surface area (TPSA) is 9.72 Å². The predicted octanol–water partition coefficient (Wildman–Crippen LogP) is 38.4. The summed E-state index contributed by atoms with van der Waals surface area (Å²) in [6, 6.07) is 7.25. The Morgan fingerprint density at radius 3 is 0.704 bits per heavy atom. The summed E-state index contributed by atoms with van der Waals surface area (Å²) in [6.07, 6.45) is 118. The van der Waals surface area contributed by atoms with Crippen LogP contribution in [0.15, 0.2) is 0 Å². The summed E-state index contributed by atoms with van der Waals surface area (Å²) < 4.78 is 0. The minimum Gasteiger partial charge on any atom is -0.295 e. The highest BCUT2D eigenvalue weighted by Gasteiger charge is 2.72. The molecule has 23 saturated carbocycles. The van der Waals surface area contributed by atoms with Gasteiger partial charge in [-0.05, 0) is 445 Å². The lowest BCUT2D eigenvalue weighted by molar-refractivity contribution is -0.166. The van der Waals surface area contributed by atoms with Gasteiger partial charge in [0.05, 0.1) is 0 Å². The molecule has 0 aromatic rings. The van der Waals surface area contributed by atoms with E-state index in [0.29, 0.717) is 21.7 Å². The van der Waals surface area contributed by atoms with Gasteiger partial charge < -0.3 is 0 Å². The molecule has 0 bridgehead atoms. The molecular formula is C138H232BN3. The lowest BCUT2D eigenvalue weighted by atomic mass is 9.18. The number of nitrogens with zero attached hydrogens (tertiary/aromatic N) is 3. The first-order chi connectivity index (χ1) is 68.9. The largest absolute Gasteiger partial charge is 0.295 e. The number of hydrogen-bond acceptors (Lipinski definition) is 3. The molecule has 2 heterocycles. The van der Waals surface area contributed by atoms with Crippen LogP contribution in [0.4, 0.5) is 0 Å². The second kappa shape index (κ2) is 42.8. The molecule has 0 N–H and O–H groups in total. The molecule has 30 unspecified atom stereocenters. The summed E-state index contributed by atoms with van der Waals surface area (Å²) in [5.41, 5.74) is 1.67. The molecule has 4 heteroatoms. The third-order valence-corrected chi connectivity index (χ3v) is 56.4. The third kappa shape index (κ3) is 20.0. The van der Waals surface area contributed by atoms with Crippen LogP contribution in [-0.4, -0.2) is 75.8 Å². The molecule has 25 aliphatic rings. The Bertz CT molecular complexity index is 3680. The quantitative estimate of drug-likeness (QED) is 0.151. The zero-order chi connectivity index (χ0) is 96.3. The molecule has 0 amide bonds. The zero-order valence-electron chi connectivity index (χ0n) is 96.0. The van der Waals surface area contributed by atoms with E-state index in [0.717, 1.165) is 292 Å². The highest BCUT2D eigenvalue weighted by molar-refractivity contribution is 6.65. The smallest absolute Gasteiger partial charge is 0.156 e. The summed E-state index contributed by atoms with van der Waals surface area (Å²) in [6.45, 7) is 34.1. The van der Waals surface area contributed by atoms with Crippen LogP contribution in [0, 0.1) is 235 Å². The molecule has 0 aromatic carbocycles. The average molecular weight is 1940 g/mol. The first-order valence-electron chi connectivity index (χ1n) is 68.2. The normalized spacial score (nSPS) is 48.8. The Balaban J connectivity index is 0.702. The lowest BCUT2D eigenvalue weighted by Gasteiger charge is -2.73. The van der Waals surface area contributed by atoms with Gasteiger partial charge in [0.1, 0.15) is 0 Å². The van der Waals surface area contributed by atoms with Crippen molar-refractivity contribution in [1.82, 2.24) is 14.7 Å². The fraction of sp³-hybridized carbons (Fsp3) is 1.00. The SMILES string of the molecule is CC(C)(C)C1CC2CCC3CC(C(C)(C)C)CC4C(C5CCC6B7C8CCC(C9CC%10CC(C(C)(C)C)CC%11CCC%12CC(C(C)(C)C)CC9C%12C%11%10)CC8N(C8C(C9CCCCC9)CC(C9CCCCC9)CC8C8CCCCC8)C8CC(N(C9CCC(C%10CCCCC%10)CC9)C9CCC(C%10CCCCC%10)CC9)CC(C78)N(C7C(C8CCCCC8)CC(C8CCCCC8)CC7C7CCCCC7)C6C5)CC(C1)C2C34. The summed E-state index contributed by atoms with van der Waals surface area (Å²) in [4.78, 5) is 12.4. The van der Waals surface area contributed by atoms with Crippen LogP contribution in [0.2, 0.25) is 17.5 Å². The van der Waals surface area contributed by atoms with Gasteiger partial charge in [-0.25, -0.2) is 0 Å². The van der Waals surface area contributed by atoms with E-state index in [9.17, 15) is 0 Å². The van der Waals surface area contributed by atoms with Crippen molar-refractivity contribution < 1.29 is 0 Å². The molecular weight excluding hydrogens is 1710 g/mol. The molecule has 2 aliphatic heterocycles. The van der Waals surface area contributed by atoms with Gasteiger partial charge in [0.15, 0.2) is 6.71 Å². The molecule has 3 nitrogen and oxygen atoms in total. The fourth-order valence-electron chi connectivity index (χ4n) is 50.2. The van der Waals surface area contributed by atoms with Crippen molar-refractivity contribution in [3.63, 3.8) is 0 Å². The molecule has 0 aromatic heterocycles. The Kier molecular flexibility index (Phi) is 30.9. The Labute approximate surface area is 880 Å². The van der Waals surface area contributed by atoms with E-state index in [1.807, 2.05) is 0 Å². The number of fused-ring (bicyclic) bond motifs is 4. The van der Waals surface area contributed by atoms with Gasteiger partial charge >= 0.3 is 0 Å². The van der Waals surface area contributed by atoms with Gasteiger partial charge in [0.25, 0.3) is 0 Å². The monoisotopic (exact) mass is 1940 g/mol. The molecule has 23 aliphatic carbocycles. The predicted molar refractivity (Wildman–Crippen MR) is 602 cm³/mol. The lowest BCUT2D eigenvalue weighted by Crippen LogP contribution is -2.78. The molecule has 142 heavy (non-hydrogen) atoms. The van der Waals surface area contributed by atoms with Crippen molar-refractivity contribution >= 4 is 6.71 Å². The van der Waals surface area contributed by atoms with Gasteiger partial charge in [-0.2, -0.15) is 0 Å². The molecule has 2 saturated heterocycles. The molecule has 802 valence electrons. The fourth-order valence-corrected chi connectivity index (χ4v) is 50.2. The molecule has 25 fully saturated rings. The first-order valence-corrected chi connectivity index (χ1v) is 68.2. The van der Waals surface area contributed by atoms with Crippen LogP contribution in [0.25, 0.3) is 0 Å². The summed E-state index contributed by atoms with van der Waals surface area (Å²) in [5, 5.41) is 0. The van der Waals surface area contributed by atoms with E-state index in [-0.39, 0.29) is 0 Å². The first kappa shape index (κ1) is 102. The minimum atomic E-state index is 0.410. The number of hydrogen-bond donors (Lipinski definition) is 0. The van der Waals surface area contributed by atoms with Crippen molar-refractivity contribution in [3.8, 4) is 0 Å². The third-order valence-electron chi connectivity index (χ3n) is 56.4. The van der Waals surface area contributed by atoms with Gasteiger partial charge in [-0.3, -0.25) is 14.7 Å². The van der Waals surface area contributed by atoms with Crippen LogP contribution in [0.5, 0.6) is 0 Å². The van der Waals surface area contributed by atoms with Gasteiger partial charge in [0, 0.05) is 54.4 Å². The summed E-state index contributed by atoms with van der Waals surface area (Å²) in [5.74, 6) is 38.1. The average Bonchev–Trinajstić information content (AvgIpc) is 0.676.